The molecule has 14 heavy (non-hydrogen) atoms. The first-order valence-corrected chi connectivity index (χ1v) is 5.22. The van der Waals surface area contributed by atoms with E-state index in [0.717, 1.165) is 6.54 Å². The molecule has 0 saturated heterocycles. The number of unbranched alkanes of at least 4 members (excludes halogenated alkanes) is 5. The van der Waals surface area contributed by atoms with Crippen molar-refractivity contribution in [3.8, 4) is 0 Å². The molecule has 0 heterocycles. The van der Waals surface area contributed by atoms with Gasteiger partial charge in [-0.05, 0) is 25.8 Å². The van der Waals surface area contributed by atoms with Gasteiger partial charge in [0.2, 0.25) is 0 Å². The van der Waals surface area contributed by atoms with E-state index < -0.39 is 0 Å². The SMILES string of the molecule is C=C.C=C.C=CCCCCCCCN. The van der Waals surface area contributed by atoms with Gasteiger partial charge in [0.1, 0.15) is 0 Å². The fourth-order valence-corrected chi connectivity index (χ4v) is 0.963. The van der Waals surface area contributed by atoms with Crippen LogP contribution in [0, 0.1) is 0 Å². The second-order valence-corrected chi connectivity index (χ2v) is 2.63. The van der Waals surface area contributed by atoms with E-state index in [1.54, 1.807) is 0 Å². The Balaban J connectivity index is -0.000000266. The maximum Gasteiger partial charge on any atom is -0.00773 e. The summed E-state index contributed by atoms with van der Waals surface area (Å²) in [6, 6.07) is 0. The maximum atomic E-state index is 5.35. The summed E-state index contributed by atoms with van der Waals surface area (Å²) >= 11 is 0. The van der Waals surface area contributed by atoms with Crippen LogP contribution in [0.5, 0.6) is 0 Å². The van der Waals surface area contributed by atoms with Crippen LogP contribution in [0.3, 0.4) is 0 Å². The van der Waals surface area contributed by atoms with E-state index >= 15 is 0 Å². The van der Waals surface area contributed by atoms with Gasteiger partial charge in [0.25, 0.3) is 0 Å². The summed E-state index contributed by atoms with van der Waals surface area (Å²) < 4.78 is 0. The van der Waals surface area contributed by atoms with Gasteiger partial charge in [0, 0.05) is 0 Å². The van der Waals surface area contributed by atoms with Gasteiger partial charge in [0.15, 0.2) is 0 Å². The largest absolute Gasteiger partial charge is 0.330 e. The van der Waals surface area contributed by atoms with E-state index in [2.05, 4.69) is 32.9 Å². The third kappa shape index (κ3) is 30.3. The molecule has 0 radical (unpaired) electrons. The van der Waals surface area contributed by atoms with Crippen molar-refractivity contribution in [1.82, 2.24) is 0 Å². The Labute approximate surface area is 90.4 Å². The van der Waals surface area contributed by atoms with E-state index in [1.807, 2.05) is 6.08 Å². The molecule has 2 N–H and O–H groups in total. The molecule has 1 nitrogen and oxygen atoms in total. The zero-order chi connectivity index (χ0) is 11.7. The van der Waals surface area contributed by atoms with Gasteiger partial charge in [-0.1, -0.05) is 25.3 Å². The van der Waals surface area contributed by atoms with Crippen LogP contribution >= 0.6 is 0 Å². The predicted molar refractivity (Wildman–Crippen MR) is 69.5 cm³/mol. The molecule has 0 aliphatic heterocycles. The Hall–Kier alpha value is -0.820. The summed E-state index contributed by atoms with van der Waals surface area (Å²) in [4.78, 5) is 0. The molecule has 0 fully saturated rings. The van der Waals surface area contributed by atoms with Gasteiger partial charge >= 0.3 is 0 Å². The highest BCUT2D eigenvalue weighted by Gasteiger charge is 1.86. The van der Waals surface area contributed by atoms with Gasteiger partial charge in [-0.15, -0.1) is 32.9 Å². The number of hydrogen-bond donors (Lipinski definition) is 1. The third-order valence-corrected chi connectivity index (χ3v) is 1.61. The number of allylic oxidation sites excluding steroid dienone is 1. The quantitative estimate of drug-likeness (QED) is 0.483. The third-order valence-electron chi connectivity index (χ3n) is 1.61. The predicted octanol–water partition coefficient (Wildman–Crippen LogP) is 4.08. The first-order valence-electron chi connectivity index (χ1n) is 5.22. The molecule has 0 rings (SSSR count). The van der Waals surface area contributed by atoms with Crippen molar-refractivity contribution in [3.05, 3.63) is 39.0 Å². The van der Waals surface area contributed by atoms with E-state index in [9.17, 15) is 0 Å². The Kier molecular flexibility index (Phi) is 39.8. The average Bonchev–Trinajstić information content (AvgIpc) is 2.29. The van der Waals surface area contributed by atoms with Crippen molar-refractivity contribution in [2.45, 2.75) is 38.5 Å². The lowest BCUT2D eigenvalue weighted by atomic mass is 10.1. The van der Waals surface area contributed by atoms with Crippen LogP contribution in [-0.4, -0.2) is 6.54 Å². The van der Waals surface area contributed by atoms with E-state index in [0.29, 0.717) is 0 Å². The second-order valence-electron chi connectivity index (χ2n) is 2.63. The van der Waals surface area contributed by atoms with Gasteiger partial charge in [-0.3, -0.25) is 0 Å². The summed E-state index contributed by atoms with van der Waals surface area (Å²) in [6.07, 6.45) is 9.62. The first kappa shape index (κ1) is 18.9. The molecule has 0 unspecified atom stereocenters. The smallest absolute Gasteiger partial charge is 0.00773 e. The minimum absolute atomic E-state index is 0.849. The number of rotatable bonds is 7. The van der Waals surface area contributed by atoms with Crippen LogP contribution in [-0.2, 0) is 0 Å². The van der Waals surface area contributed by atoms with Crippen LogP contribution in [0.15, 0.2) is 39.0 Å². The Morgan fingerprint density at radius 1 is 0.786 bits per heavy atom. The van der Waals surface area contributed by atoms with Gasteiger partial charge < -0.3 is 5.73 Å². The summed E-state index contributed by atoms with van der Waals surface area (Å²) in [5.74, 6) is 0. The van der Waals surface area contributed by atoms with Crippen molar-refractivity contribution in [2.24, 2.45) is 5.73 Å². The lowest BCUT2D eigenvalue weighted by Crippen LogP contribution is -1.97. The lowest BCUT2D eigenvalue weighted by molar-refractivity contribution is 0.623. The highest BCUT2D eigenvalue weighted by Crippen LogP contribution is 2.04. The Morgan fingerprint density at radius 2 is 1.21 bits per heavy atom. The standard InChI is InChI=1S/C9H19N.2C2H4/c1-2-3-4-5-6-7-8-9-10;2*1-2/h2H,1,3-10H2;2*1-2H2. The van der Waals surface area contributed by atoms with E-state index in [-0.39, 0.29) is 0 Å². The van der Waals surface area contributed by atoms with Gasteiger partial charge in [-0.25, -0.2) is 0 Å². The van der Waals surface area contributed by atoms with Crippen LogP contribution in [0.2, 0.25) is 0 Å². The summed E-state index contributed by atoms with van der Waals surface area (Å²) in [6.45, 7) is 16.5. The molecule has 1 heteroatoms. The van der Waals surface area contributed by atoms with E-state index in [4.69, 9.17) is 5.73 Å². The fraction of sp³-hybridized carbons (Fsp3) is 0.538. The van der Waals surface area contributed by atoms with Gasteiger partial charge in [0.05, 0.1) is 0 Å². The molecule has 0 spiro atoms. The van der Waals surface area contributed by atoms with Crippen LogP contribution in [0.25, 0.3) is 0 Å². The molecule has 0 aromatic heterocycles. The average molecular weight is 197 g/mol. The monoisotopic (exact) mass is 197 g/mol. The summed E-state index contributed by atoms with van der Waals surface area (Å²) in [7, 11) is 0. The number of hydrogen-bond acceptors (Lipinski definition) is 1. The molecule has 0 aromatic rings. The molecule has 84 valence electrons. The molecule has 0 bridgehead atoms. The highest BCUT2D eigenvalue weighted by molar-refractivity contribution is 4.65. The molecule has 0 saturated carbocycles. The Bertz CT molecular complexity index is 87.2. The molecule has 0 atom stereocenters. The minimum Gasteiger partial charge on any atom is -0.330 e. The first-order chi connectivity index (χ1) is 6.91. The zero-order valence-electron chi connectivity index (χ0n) is 9.64. The van der Waals surface area contributed by atoms with Gasteiger partial charge in [-0.2, -0.15) is 0 Å². The van der Waals surface area contributed by atoms with Crippen LogP contribution in [0.4, 0.5) is 0 Å². The normalized spacial score (nSPS) is 7.50. The molecule has 0 aliphatic rings. The minimum atomic E-state index is 0.849. The van der Waals surface area contributed by atoms with Crippen molar-refractivity contribution in [2.75, 3.05) is 6.54 Å². The van der Waals surface area contributed by atoms with Crippen LogP contribution in [0.1, 0.15) is 38.5 Å². The molecule has 0 aliphatic carbocycles. The second kappa shape index (κ2) is 29.5. The molecular formula is C13H27N. The summed E-state index contributed by atoms with van der Waals surface area (Å²) in [5, 5.41) is 0. The van der Waals surface area contributed by atoms with Crippen molar-refractivity contribution >= 4 is 0 Å². The molecule has 0 amide bonds. The van der Waals surface area contributed by atoms with Crippen molar-refractivity contribution in [3.63, 3.8) is 0 Å². The topological polar surface area (TPSA) is 26.0 Å². The van der Waals surface area contributed by atoms with E-state index in [1.165, 1.54) is 38.5 Å². The van der Waals surface area contributed by atoms with Crippen molar-refractivity contribution < 1.29 is 0 Å². The number of nitrogens with two attached hydrogens (primary N) is 1. The Morgan fingerprint density at radius 3 is 1.64 bits per heavy atom. The molecular weight excluding hydrogens is 170 g/mol. The zero-order valence-corrected chi connectivity index (χ0v) is 9.64. The fourth-order valence-electron chi connectivity index (χ4n) is 0.963. The maximum absolute atomic E-state index is 5.35. The van der Waals surface area contributed by atoms with Crippen molar-refractivity contribution in [1.29, 1.82) is 0 Å². The summed E-state index contributed by atoms with van der Waals surface area (Å²) in [5.41, 5.74) is 5.35. The lowest BCUT2D eigenvalue weighted by Gasteiger charge is -1.96. The van der Waals surface area contributed by atoms with Crippen LogP contribution < -0.4 is 5.73 Å². The highest BCUT2D eigenvalue weighted by atomic mass is 14.5. The molecule has 0 aromatic carbocycles.